The third-order valence-electron chi connectivity index (χ3n) is 6.48. The van der Waals surface area contributed by atoms with Crippen LogP contribution < -0.4 is 10.1 Å². The van der Waals surface area contributed by atoms with Crippen molar-refractivity contribution in [1.29, 1.82) is 0 Å². The molecule has 1 aliphatic heterocycles. The summed E-state index contributed by atoms with van der Waals surface area (Å²) in [7, 11) is 1.55. The van der Waals surface area contributed by atoms with E-state index in [2.05, 4.69) is 12.2 Å². The van der Waals surface area contributed by atoms with Crippen LogP contribution in [0.1, 0.15) is 48.5 Å². The van der Waals surface area contributed by atoms with E-state index in [0.29, 0.717) is 23.8 Å². The fourth-order valence-electron chi connectivity index (χ4n) is 4.63. The second-order valence-electron chi connectivity index (χ2n) is 8.53. The van der Waals surface area contributed by atoms with Gasteiger partial charge in [-0.05, 0) is 49.3 Å². The molecule has 1 aliphatic carbocycles. The Hall–Kier alpha value is -2.86. The predicted molar refractivity (Wildman–Crippen MR) is 118 cm³/mol. The number of carbonyl (C=O) groups excluding carboxylic acids is 2. The number of carbonyl (C=O) groups is 2. The number of amides is 2. The number of nitrogens with zero attached hydrogens (tertiary/aromatic N) is 1. The summed E-state index contributed by atoms with van der Waals surface area (Å²) in [6.07, 6.45) is 3.40. The molecule has 0 aromatic heterocycles. The van der Waals surface area contributed by atoms with Gasteiger partial charge in [0.1, 0.15) is 17.5 Å². The molecule has 0 radical (unpaired) electrons. The van der Waals surface area contributed by atoms with Gasteiger partial charge in [-0.15, -0.1) is 0 Å². The Balaban J connectivity index is 1.61. The van der Waals surface area contributed by atoms with Crippen molar-refractivity contribution in [3.05, 3.63) is 65.7 Å². The Morgan fingerprint density at radius 1 is 1.10 bits per heavy atom. The van der Waals surface area contributed by atoms with Crippen molar-refractivity contribution in [1.82, 2.24) is 10.2 Å². The highest BCUT2D eigenvalue weighted by molar-refractivity contribution is 6.00. The van der Waals surface area contributed by atoms with Gasteiger partial charge in [-0.2, -0.15) is 0 Å². The number of hydrogen-bond donors (Lipinski definition) is 1. The van der Waals surface area contributed by atoms with Crippen LogP contribution in [0.3, 0.4) is 0 Å². The number of benzene rings is 2. The highest BCUT2D eigenvalue weighted by Gasteiger charge is 2.53. The van der Waals surface area contributed by atoms with Crippen molar-refractivity contribution >= 4 is 11.8 Å². The van der Waals surface area contributed by atoms with Gasteiger partial charge < -0.3 is 14.8 Å². The summed E-state index contributed by atoms with van der Waals surface area (Å²) in [5.41, 5.74) is 0.729. The Morgan fingerprint density at radius 2 is 1.77 bits per heavy atom. The topological polar surface area (TPSA) is 67.9 Å². The summed E-state index contributed by atoms with van der Waals surface area (Å²) in [5, 5.41) is 2.99. The zero-order valence-electron chi connectivity index (χ0n) is 18.2. The van der Waals surface area contributed by atoms with Gasteiger partial charge in [-0.3, -0.25) is 14.5 Å². The molecule has 1 unspecified atom stereocenters. The fourth-order valence-corrected chi connectivity index (χ4v) is 4.63. The summed E-state index contributed by atoms with van der Waals surface area (Å²) >= 11 is 0. The zero-order chi connectivity index (χ0) is 21.8. The van der Waals surface area contributed by atoms with E-state index in [4.69, 9.17) is 9.47 Å². The van der Waals surface area contributed by atoms with Crippen molar-refractivity contribution in [2.45, 2.75) is 50.9 Å². The molecule has 2 fully saturated rings. The lowest BCUT2D eigenvalue weighted by Gasteiger charge is -2.43. The maximum absolute atomic E-state index is 13.8. The lowest BCUT2D eigenvalue weighted by Crippen LogP contribution is -2.56. The van der Waals surface area contributed by atoms with Crippen molar-refractivity contribution in [3.63, 3.8) is 0 Å². The monoisotopic (exact) mass is 422 g/mol. The van der Waals surface area contributed by atoms with E-state index in [1.807, 2.05) is 42.5 Å². The molecule has 1 saturated carbocycles. The molecule has 164 valence electrons. The second-order valence-corrected chi connectivity index (χ2v) is 8.53. The molecule has 1 spiro atoms. The Morgan fingerprint density at radius 3 is 2.48 bits per heavy atom. The molecule has 0 bridgehead atoms. The van der Waals surface area contributed by atoms with E-state index in [1.165, 1.54) is 0 Å². The molecule has 4 rings (SSSR count). The predicted octanol–water partition coefficient (Wildman–Crippen LogP) is 3.76. The van der Waals surface area contributed by atoms with Crippen LogP contribution >= 0.6 is 0 Å². The maximum atomic E-state index is 13.8. The molecule has 6 nitrogen and oxygen atoms in total. The summed E-state index contributed by atoms with van der Waals surface area (Å²) in [6.45, 7) is 2.84. The number of hydrogen-bond acceptors (Lipinski definition) is 4. The molecule has 1 atom stereocenters. The van der Waals surface area contributed by atoms with Crippen LogP contribution in [0.2, 0.25) is 0 Å². The van der Waals surface area contributed by atoms with Crippen LogP contribution in [-0.4, -0.2) is 42.2 Å². The molecule has 1 heterocycles. The smallest absolute Gasteiger partial charge is 0.260 e. The molecule has 31 heavy (non-hydrogen) atoms. The molecule has 6 heteroatoms. The lowest BCUT2D eigenvalue weighted by atomic mass is 9.83. The first-order valence-electron chi connectivity index (χ1n) is 11.0. The van der Waals surface area contributed by atoms with Gasteiger partial charge in [0, 0.05) is 6.54 Å². The van der Waals surface area contributed by atoms with Crippen molar-refractivity contribution in [3.8, 4) is 5.75 Å². The highest BCUT2D eigenvalue weighted by atomic mass is 16.5. The minimum absolute atomic E-state index is 0.192. The third kappa shape index (κ3) is 4.30. The highest BCUT2D eigenvalue weighted by Crippen LogP contribution is 2.43. The van der Waals surface area contributed by atoms with Crippen molar-refractivity contribution in [2.24, 2.45) is 5.92 Å². The average Bonchev–Trinajstić information content (AvgIpc) is 3.18. The van der Waals surface area contributed by atoms with E-state index in [9.17, 15) is 9.59 Å². The number of nitrogens with one attached hydrogen (secondary N) is 1. The van der Waals surface area contributed by atoms with E-state index in [0.717, 1.165) is 31.2 Å². The fraction of sp³-hybridized carbons (Fsp3) is 0.440. The van der Waals surface area contributed by atoms with Gasteiger partial charge in [0.05, 0.1) is 19.3 Å². The zero-order valence-corrected chi connectivity index (χ0v) is 18.2. The number of para-hydroxylation sites is 1. The lowest BCUT2D eigenvalue weighted by molar-refractivity contribution is -0.128. The first-order valence-corrected chi connectivity index (χ1v) is 11.0. The molecular weight excluding hydrogens is 392 g/mol. The Kier molecular flexibility index (Phi) is 6.28. The van der Waals surface area contributed by atoms with Gasteiger partial charge in [0.25, 0.3) is 5.91 Å². The molecule has 1 N–H and O–H groups in total. The van der Waals surface area contributed by atoms with Crippen molar-refractivity contribution in [2.75, 3.05) is 13.7 Å². The van der Waals surface area contributed by atoms with Crippen LogP contribution in [-0.2, 0) is 16.1 Å². The third-order valence-corrected chi connectivity index (χ3v) is 6.48. The van der Waals surface area contributed by atoms with E-state index in [-0.39, 0.29) is 18.4 Å². The quantitative estimate of drug-likeness (QED) is 0.797. The number of rotatable bonds is 5. The second kappa shape index (κ2) is 9.10. The van der Waals surface area contributed by atoms with Crippen LogP contribution in [0.25, 0.3) is 0 Å². The first kappa shape index (κ1) is 21.4. The van der Waals surface area contributed by atoms with Crippen molar-refractivity contribution < 1.29 is 19.1 Å². The standard InChI is InChI=1S/C25H30N2O4/c1-18-12-14-25(15-13-18)27(24(29)20-10-6-7-11-22(20)30-2)21(17-31-25)23(28)26-16-19-8-4-3-5-9-19/h3-11,18,21H,12-17H2,1-2H3,(H,26,28). The molecule has 1 saturated heterocycles. The minimum atomic E-state index is -0.737. The number of ether oxygens (including phenoxy) is 2. The molecule has 2 amide bonds. The van der Waals surface area contributed by atoms with Crippen LogP contribution in [0.4, 0.5) is 0 Å². The normalized spacial score (nSPS) is 25.4. The summed E-state index contributed by atoms with van der Waals surface area (Å²) in [4.78, 5) is 28.6. The molecule has 2 aliphatic rings. The van der Waals surface area contributed by atoms with Gasteiger partial charge in [0.2, 0.25) is 5.91 Å². The van der Waals surface area contributed by atoms with E-state index >= 15 is 0 Å². The van der Waals surface area contributed by atoms with Gasteiger partial charge >= 0.3 is 0 Å². The van der Waals surface area contributed by atoms with Gasteiger partial charge in [-0.1, -0.05) is 49.4 Å². The molecular formula is C25H30N2O4. The van der Waals surface area contributed by atoms with E-state index in [1.54, 1.807) is 24.1 Å². The molecule has 2 aromatic rings. The largest absolute Gasteiger partial charge is 0.496 e. The van der Waals surface area contributed by atoms with Crippen LogP contribution in [0.5, 0.6) is 5.75 Å². The molecule has 2 aromatic carbocycles. The minimum Gasteiger partial charge on any atom is -0.496 e. The van der Waals surface area contributed by atoms with Crippen LogP contribution in [0, 0.1) is 5.92 Å². The van der Waals surface area contributed by atoms with Gasteiger partial charge in [0.15, 0.2) is 0 Å². The van der Waals surface area contributed by atoms with Crippen LogP contribution in [0.15, 0.2) is 54.6 Å². The SMILES string of the molecule is COc1ccccc1C(=O)N1C(C(=O)NCc2ccccc2)COC12CCC(C)CC2. The summed E-state index contributed by atoms with van der Waals surface area (Å²) in [6, 6.07) is 16.2. The van der Waals surface area contributed by atoms with Gasteiger partial charge in [-0.25, -0.2) is 0 Å². The Bertz CT molecular complexity index is 922. The maximum Gasteiger partial charge on any atom is 0.260 e. The summed E-state index contributed by atoms with van der Waals surface area (Å²) < 4.78 is 11.7. The van der Waals surface area contributed by atoms with E-state index < -0.39 is 11.8 Å². The average molecular weight is 423 g/mol. The number of methoxy groups -OCH3 is 1. The summed E-state index contributed by atoms with van der Waals surface area (Å²) in [5.74, 6) is 0.678. The first-order chi connectivity index (χ1) is 15.0. The Labute approximate surface area is 183 Å².